The van der Waals surface area contributed by atoms with Crippen molar-refractivity contribution < 1.29 is 10.2 Å². The molecular formula is C15H26O2. The highest BCUT2D eigenvalue weighted by molar-refractivity contribution is 5.10. The van der Waals surface area contributed by atoms with Crippen LogP contribution in [0.4, 0.5) is 0 Å². The zero-order chi connectivity index (χ0) is 12.8. The molecule has 0 heterocycles. The number of hydrogen-bond donors (Lipinski definition) is 2. The summed E-state index contributed by atoms with van der Waals surface area (Å²) < 4.78 is 0. The Morgan fingerprint density at radius 3 is 2.53 bits per heavy atom. The monoisotopic (exact) mass is 238 g/mol. The predicted octanol–water partition coefficient (Wildman–Crippen LogP) is 2.89. The Morgan fingerprint density at radius 2 is 1.94 bits per heavy atom. The highest BCUT2D eigenvalue weighted by Crippen LogP contribution is 2.59. The summed E-state index contributed by atoms with van der Waals surface area (Å²) in [6.07, 6.45) is 4.35. The molecule has 0 aromatic rings. The van der Waals surface area contributed by atoms with Crippen LogP contribution < -0.4 is 0 Å². The molecule has 2 N–H and O–H groups in total. The van der Waals surface area contributed by atoms with E-state index in [9.17, 15) is 10.2 Å². The van der Waals surface area contributed by atoms with Gasteiger partial charge in [0.2, 0.25) is 0 Å². The van der Waals surface area contributed by atoms with Crippen molar-refractivity contribution in [2.75, 3.05) is 0 Å². The van der Waals surface area contributed by atoms with Crippen LogP contribution in [0.2, 0.25) is 0 Å². The second-order valence-electron chi connectivity index (χ2n) is 6.86. The molecule has 2 aliphatic rings. The summed E-state index contributed by atoms with van der Waals surface area (Å²) in [5.41, 5.74) is 0.474. The van der Waals surface area contributed by atoms with Gasteiger partial charge in [0.05, 0.1) is 11.7 Å². The van der Waals surface area contributed by atoms with Crippen LogP contribution >= 0.6 is 0 Å². The molecule has 2 aliphatic carbocycles. The smallest absolute Gasteiger partial charge is 0.0657 e. The lowest BCUT2D eigenvalue weighted by molar-refractivity contribution is -0.147. The van der Waals surface area contributed by atoms with Gasteiger partial charge < -0.3 is 10.2 Å². The summed E-state index contributed by atoms with van der Waals surface area (Å²) >= 11 is 0. The van der Waals surface area contributed by atoms with Crippen LogP contribution in [-0.4, -0.2) is 21.9 Å². The lowest BCUT2D eigenvalue weighted by Crippen LogP contribution is -2.54. The van der Waals surface area contributed by atoms with E-state index in [0.717, 1.165) is 32.1 Å². The summed E-state index contributed by atoms with van der Waals surface area (Å²) in [7, 11) is 0. The van der Waals surface area contributed by atoms with Crippen molar-refractivity contribution in [3.8, 4) is 0 Å². The van der Waals surface area contributed by atoms with Gasteiger partial charge in [0, 0.05) is 0 Å². The first-order valence-corrected chi connectivity index (χ1v) is 6.82. The van der Waals surface area contributed by atoms with Crippen molar-refractivity contribution in [1.82, 2.24) is 0 Å². The number of aliphatic hydroxyl groups excluding tert-OH is 1. The largest absolute Gasteiger partial charge is 0.393 e. The second kappa shape index (κ2) is 4.10. The van der Waals surface area contributed by atoms with Gasteiger partial charge in [-0.25, -0.2) is 0 Å². The fourth-order valence-electron chi connectivity index (χ4n) is 4.53. The van der Waals surface area contributed by atoms with Gasteiger partial charge in [-0.2, -0.15) is 0 Å². The van der Waals surface area contributed by atoms with Crippen LogP contribution in [0.25, 0.3) is 0 Å². The fourth-order valence-corrected chi connectivity index (χ4v) is 4.53. The Bertz CT molecular complexity index is 321. The van der Waals surface area contributed by atoms with Crippen LogP contribution in [0, 0.1) is 17.3 Å². The number of hydrogen-bond acceptors (Lipinski definition) is 2. The Kier molecular flexibility index (Phi) is 3.16. The summed E-state index contributed by atoms with van der Waals surface area (Å²) in [4.78, 5) is 0. The Labute approximate surface area is 105 Å². The molecule has 2 heteroatoms. The van der Waals surface area contributed by atoms with E-state index in [2.05, 4.69) is 20.4 Å². The number of rotatable bonds is 2. The first-order chi connectivity index (χ1) is 7.77. The van der Waals surface area contributed by atoms with Gasteiger partial charge in [-0.1, -0.05) is 12.5 Å². The van der Waals surface area contributed by atoms with Gasteiger partial charge in [0.15, 0.2) is 0 Å². The first-order valence-electron chi connectivity index (χ1n) is 6.82. The van der Waals surface area contributed by atoms with Crippen molar-refractivity contribution in [2.24, 2.45) is 17.3 Å². The summed E-state index contributed by atoms with van der Waals surface area (Å²) in [5.74, 6) is 0.706. The van der Waals surface area contributed by atoms with Crippen molar-refractivity contribution in [1.29, 1.82) is 0 Å². The minimum atomic E-state index is -0.620. The standard InChI is InChI=1S/C15H26O2/c1-10(2)9-11-5-7-14(3)12(16)6-8-15(4,17)13(11)14/h11-13,16-17H,1,5-9H2,2-4H3/t11-,12-,13-,14+,15+/m0/s1. The highest BCUT2D eigenvalue weighted by atomic mass is 16.3. The van der Waals surface area contributed by atoms with Crippen LogP contribution in [0.15, 0.2) is 12.2 Å². The van der Waals surface area contributed by atoms with Crippen molar-refractivity contribution >= 4 is 0 Å². The highest BCUT2D eigenvalue weighted by Gasteiger charge is 2.58. The van der Waals surface area contributed by atoms with Gasteiger partial charge >= 0.3 is 0 Å². The lowest BCUT2D eigenvalue weighted by Gasteiger charge is -2.50. The van der Waals surface area contributed by atoms with Crippen LogP contribution in [0.1, 0.15) is 52.9 Å². The normalized spacial score (nSPS) is 50.1. The molecule has 2 fully saturated rings. The second-order valence-corrected chi connectivity index (χ2v) is 6.86. The third kappa shape index (κ3) is 2.06. The van der Waals surface area contributed by atoms with E-state index in [1.165, 1.54) is 5.57 Å². The van der Waals surface area contributed by atoms with E-state index >= 15 is 0 Å². The maximum Gasteiger partial charge on any atom is 0.0657 e. The molecule has 2 rings (SSSR count). The van der Waals surface area contributed by atoms with E-state index < -0.39 is 5.60 Å². The van der Waals surface area contributed by atoms with Gasteiger partial charge in [-0.15, -0.1) is 6.58 Å². The molecule has 0 radical (unpaired) electrons. The number of allylic oxidation sites excluding steroid dienone is 1. The molecule has 17 heavy (non-hydrogen) atoms. The van der Waals surface area contributed by atoms with Gasteiger partial charge in [0.1, 0.15) is 0 Å². The van der Waals surface area contributed by atoms with Gasteiger partial charge in [0.25, 0.3) is 0 Å². The lowest BCUT2D eigenvalue weighted by atomic mass is 9.59. The SMILES string of the molecule is C=C(C)C[C@@H]1CC[C@]2(C)[C@@H](O)CC[C@@](C)(O)[C@@H]12. The average molecular weight is 238 g/mol. The molecule has 0 unspecified atom stereocenters. The molecule has 5 atom stereocenters. The molecule has 0 aliphatic heterocycles. The number of aliphatic hydroxyl groups is 2. The molecule has 0 spiro atoms. The zero-order valence-electron chi connectivity index (χ0n) is 11.4. The predicted molar refractivity (Wildman–Crippen MR) is 69.6 cm³/mol. The van der Waals surface area contributed by atoms with Crippen LogP contribution in [0.5, 0.6) is 0 Å². The van der Waals surface area contributed by atoms with E-state index in [-0.39, 0.29) is 17.4 Å². The molecule has 0 aromatic heterocycles. The molecular weight excluding hydrogens is 212 g/mol. The third-order valence-corrected chi connectivity index (χ3v) is 5.20. The van der Waals surface area contributed by atoms with E-state index in [1.54, 1.807) is 0 Å². The molecule has 2 nitrogen and oxygen atoms in total. The minimum Gasteiger partial charge on any atom is -0.393 e. The van der Waals surface area contributed by atoms with E-state index in [1.807, 2.05) is 6.92 Å². The van der Waals surface area contributed by atoms with Crippen molar-refractivity contribution in [3.05, 3.63) is 12.2 Å². The quantitative estimate of drug-likeness (QED) is 0.726. The topological polar surface area (TPSA) is 40.5 Å². The minimum absolute atomic E-state index is 0.0954. The first kappa shape index (κ1) is 13.1. The van der Waals surface area contributed by atoms with Crippen molar-refractivity contribution in [2.45, 2.75) is 64.6 Å². The molecule has 0 saturated heterocycles. The Morgan fingerprint density at radius 1 is 1.29 bits per heavy atom. The summed E-state index contributed by atoms with van der Waals surface area (Å²) in [6, 6.07) is 0. The fraction of sp³-hybridized carbons (Fsp3) is 0.867. The zero-order valence-corrected chi connectivity index (χ0v) is 11.4. The molecule has 0 bridgehead atoms. The van der Waals surface area contributed by atoms with Gasteiger partial charge in [-0.05, 0) is 63.2 Å². The Balaban J connectivity index is 2.29. The van der Waals surface area contributed by atoms with Crippen molar-refractivity contribution in [3.63, 3.8) is 0 Å². The van der Waals surface area contributed by atoms with E-state index in [4.69, 9.17) is 0 Å². The molecule has 0 aromatic carbocycles. The van der Waals surface area contributed by atoms with Crippen LogP contribution in [0.3, 0.4) is 0 Å². The molecule has 98 valence electrons. The summed E-state index contributed by atoms with van der Waals surface area (Å²) in [5, 5.41) is 21.0. The third-order valence-electron chi connectivity index (χ3n) is 5.20. The van der Waals surface area contributed by atoms with Gasteiger partial charge in [-0.3, -0.25) is 0 Å². The molecule has 2 saturated carbocycles. The van der Waals surface area contributed by atoms with Crippen LogP contribution in [-0.2, 0) is 0 Å². The maximum atomic E-state index is 10.7. The Hall–Kier alpha value is -0.340. The summed E-state index contributed by atoms with van der Waals surface area (Å²) in [6.45, 7) is 10.2. The number of fused-ring (bicyclic) bond motifs is 1. The molecule has 0 amide bonds. The van der Waals surface area contributed by atoms with E-state index in [0.29, 0.717) is 5.92 Å². The average Bonchev–Trinajstić information content (AvgIpc) is 2.52. The maximum absolute atomic E-state index is 10.7.